The van der Waals surface area contributed by atoms with Crippen LogP contribution in [0.1, 0.15) is 13.8 Å². The molecule has 0 bridgehead atoms. The number of nitrogens with one attached hydrogen (secondary N) is 1. The number of rotatable bonds is 4. The van der Waals surface area contributed by atoms with Gasteiger partial charge >= 0.3 is 0 Å². The van der Waals surface area contributed by atoms with E-state index in [1.165, 1.54) is 0 Å². The Morgan fingerprint density at radius 1 is 1.31 bits per heavy atom. The summed E-state index contributed by atoms with van der Waals surface area (Å²) in [6, 6.07) is 3.33. The zero-order valence-corrected chi connectivity index (χ0v) is 11.1. The van der Waals surface area contributed by atoms with Gasteiger partial charge in [0.2, 0.25) is 0 Å². The number of hydrogen-bond acceptors (Lipinski definition) is 3. The number of ether oxygens (including phenoxy) is 1. The minimum Gasteiger partial charge on any atom is -0.399 e. The Morgan fingerprint density at radius 3 is 2.25 bits per heavy atom. The van der Waals surface area contributed by atoms with Gasteiger partial charge in [-0.15, -0.1) is 0 Å². The van der Waals surface area contributed by atoms with Gasteiger partial charge in [0.05, 0.1) is 27.9 Å². The van der Waals surface area contributed by atoms with E-state index in [2.05, 4.69) is 5.32 Å². The molecule has 1 aromatic carbocycles. The van der Waals surface area contributed by atoms with Crippen molar-refractivity contribution in [1.29, 1.82) is 0 Å². The Bertz CT molecular complexity index is 357. The molecule has 0 aromatic heterocycles. The lowest BCUT2D eigenvalue weighted by Crippen LogP contribution is -2.36. The predicted octanol–water partition coefficient (Wildman–Crippen LogP) is 3.41. The van der Waals surface area contributed by atoms with E-state index in [0.717, 1.165) is 0 Å². The minimum atomic E-state index is -0.252. The summed E-state index contributed by atoms with van der Waals surface area (Å²) in [5, 5.41) is 4.26. The van der Waals surface area contributed by atoms with Gasteiger partial charge in [0.15, 0.2) is 0 Å². The van der Waals surface area contributed by atoms with Gasteiger partial charge in [-0.3, -0.25) is 0 Å². The topological polar surface area (TPSA) is 47.3 Å². The highest BCUT2D eigenvalue weighted by Gasteiger charge is 2.20. The molecule has 0 fully saturated rings. The normalized spacial score (nSPS) is 11.6. The first-order chi connectivity index (χ1) is 7.35. The summed E-state index contributed by atoms with van der Waals surface area (Å²) in [6.45, 7) is 4.54. The fraction of sp³-hybridized carbons (Fsp3) is 0.455. The van der Waals surface area contributed by atoms with Gasteiger partial charge in [0, 0.05) is 12.8 Å². The lowest BCUT2D eigenvalue weighted by Gasteiger charge is -2.27. The molecule has 3 N–H and O–H groups in total. The molecule has 0 unspecified atom stereocenters. The molecule has 0 radical (unpaired) electrons. The van der Waals surface area contributed by atoms with Crippen molar-refractivity contribution in [2.75, 3.05) is 24.8 Å². The molecule has 16 heavy (non-hydrogen) atoms. The molecule has 3 nitrogen and oxygen atoms in total. The molecular formula is C11H16Cl2N2O. The molecular weight excluding hydrogens is 247 g/mol. The summed E-state index contributed by atoms with van der Waals surface area (Å²) in [5.41, 5.74) is 6.60. The van der Waals surface area contributed by atoms with Crippen LogP contribution in [0.4, 0.5) is 11.4 Å². The van der Waals surface area contributed by atoms with E-state index in [1.807, 2.05) is 13.8 Å². The first-order valence-electron chi connectivity index (χ1n) is 4.87. The molecule has 0 saturated carbocycles. The molecule has 0 saturated heterocycles. The van der Waals surface area contributed by atoms with Crippen LogP contribution in [0.15, 0.2) is 12.1 Å². The Hall–Kier alpha value is -0.640. The fourth-order valence-electron chi connectivity index (χ4n) is 1.45. The highest BCUT2D eigenvalue weighted by atomic mass is 35.5. The van der Waals surface area contributed by atoms with Gasteiger partial charge in [-0.2, -0.15) is 0 Å². The van der Waals surface area contributed by atoms with Crippen molar-refractivity contribution in [1.82, 2.24) is 0 Å². The quantitative estimate of drug-likeness (QED) is 0.818. The summed E-state index contributed by atoms with van der Waals surface area (Å²) in [4.78, 5) is 0. The average molecular weight is 263 g/mol. The van der Waals surface area contributed by atoms with Crippen LogP contribution in [0, 0.1) is 0 Å². The van der Waals surface area contributed by atoms with Gasteiger partial charge < -0.3 is 15.8 Å². The van der Waals surface area contributed by atoms with Crippen molar-refractivity contribution in [3.8, 4) is 0 Å². The number of anilines is 2. The van der Waals surface area contributed by atoms with Crippen molar-refractivity contribution >= 4 is 34.6 Å². The molecule has 0 amide bonds. The van der Waals surface area contributed by atoms with E-state index in [4.69, 9.17) is 33.7 Å². The van der Waals surface area contributed by atoms with Crippen LogP contribution in [-0.4, -0.2) is 19.3 Å². The van der Waals surface area contributed by atoms with Crippen LogP contribution >= 0.6 is 23.2 Å². The van der Waals surface area contributed by atoms with E-state index in [-0.39, 0.29) is 5.54 Å². The third-order valence-corrected chi connectivity index (χ3v) is 2.63. The molecule has 0 heterocycles. The third kappa shape index (κ3) is 3.44. The summed E-state index contributed by atoms with van der Waals surface area (Å²) < 4.78 is 5.11. The number of nitrogen functional groups attached to an aromatic ring is 1. The number of nitrogens with two attached hydrogens (primary N) is 1. The van der Waals surface area contributed by atoms with Crippen LogP contribution < -0.4 is 11.1 Å². The van der Waals surface area contributed by atoms with E-state index in [9.17, 15) is 0 Å². The molecule has 5 heteroatoms. The van der Waals surface area contributed by atoms with Gasteiger partial charge in [-0.1, -0.05) is 23.2 Å². The van der Waals surface area contributed by atoms with Crippen LogP contribution in [0.5, 0.6) is 0 Å². The van der Waals surface area contributed by atoms with E-state index < -0.39 is 0 Å². The van der Waals surface area contributed by atoms with Gasteiger partial charge in [-0.05, 0) is 26.0 Å². The average Bonchev–Trinajstić information content (AvgIpc) is 2.11. The summed E-state index contributed by atoms with van der Waals surface area (Å²) in [5.74, 6) is 0. The smallest absolute Gasteiger partial charge is 0.0725 e. The Morgan fingerprint density at radius 2 is 1.81 bits per heavy atom. The second kappa shape index (κ2) is 5.13. The second-order valence-corrected chi connectivity index (χ2v) is 5.12. The summed E-state index contributed by atoms with van der Waals surface area (Å²) >= 11 is 12.1. The van der Waals surface area contributed by atoms with Crippen molar-refractivity contribution in [3.05, 3.63) is 22.2 Å². The monoisotopic (exact) mass is 262 g/mol. The van der Waals surface area contributed by atoms with Gasteiger partial charge in [0.1, 0.15) is 0 Å². The number of benzene rings is 1. The predicted molar refractivity (Wildman–Crippen MR) is 70.5 cm³/mol. The SMILES string of the molecule is COCC(C)(C)Nc1c(Cl)cc(N)cc1Cl. The summed E-state index contributed by atoms with van der Waals surface area (Å²) in [6.07, 6.45) is 0. The molecule has 1 rings (SSSR count). The van der Waals surface area contributed by atoms with Crippen molar-refractivity contribution in [2.24, 2.45) is 0 Å². The molecule has 1 aromatic rings. The molecule has 0 aliphatic rings. The van der Waals surface area contributed by atoms with Gasteiger partial charge in [-0.25, -0.2) is 0 Å². The maximum atomic E-state index is 6.07. The van der Waals surface area contributed by atoms with Crippen LogP contribution in [-0.2, 0) is 4.74 Å². The molecule has 0 spiro atoms. The maximum absolute atomic E-state index is 6.07. The third-order valence-electron chi connectivity index (χ3n) is 2.03. The zero-order valence-electron chi connectivity index (χ0n) is 9.60. The summed E-state index contributed by atoms with van der Waals surface area (Å²) in [7, 11) is 1.65. The second-order valence-electron chi connectivity index (χ2n) is 4.30. The van der Waals surface area contributed by atoms with E-state index in [0.29, 0.717) is 28.0 Å². The Balaban J connectivity index is 2.97. The van der Waals surface area contributed by atoms with Gasteiger partial charge in [0.25, 0.3) is 0 Å². The minimum absolute atomic E-state index is 0.252. The maximum Gasteiger partial charge on any atom is 0.0725 e. The van der Waals surface area contributed by atoms with E-state index >= 15 is 0 Å². The Kier molecular flexibility index (Phi) is 4.30. The largest absolute Gasteiger partial charge is 0.399 e. The highest BCUT2D eigenvalue weighted by molar-refractivity contribution is 6.39. The van der Waals surface area contributed by atoms with E-state index in [1.54, 1.807) is 19.2 Å². The highest BCUT2D eigenvalue weighted by Crippen LogP contribution is 2.34. The van der Waals surface area contributed by atoms with Crippen molar-refractivity contribution in [2.45, 2.75) is 19.4 Å². The van der Waals surface area contributed by atoms with Crippen molar-refractivity contribution < 1.29 is 4.74 Å². The first kappa shape index (κ1) is 13.4. The van der Waals surface area contributed by atoms with Crippen molar-refractivity contribution in [3.63, 3.8) is 0 Å². The number of methoxy groups -OCH3 is 1. The lowest BCUT2D eigenvalue weighted by molar-refractivity contribution is 0.158. The number of halogens is 2. The molecule has 90 valence electrons. The molecule has 0 aliphatic carbocycles. The molecule has 0 atom stereocenters. The molecule has 0 aliphatic heterocycles. The lowest BCUT2D eigenvalue weighted by atomic mass is 10.1. The fourth-order valence-corrected chi connectivity index (χ4v) is 2.05. The Labute approximate surface area is 106 Å². The van der Waals surface area contributed by atoms with Crippen LogP contribution in [0.25, 0.3) is 0 Å². The standard InChI is InChI=1S/C11H16Cl2N2O/c1-11(2,6-16-3)15-10-8(12)4-7(14)5-9(10)13/h4-5,15H,6,14H2,1-3H3. The zero-order chi connectivity index (χ0) is 12.3. The van der Waals surface area contributed by atoms with Crippen LogP contribution in [0.2, 0.25) is 10.0 Å². The first-order valence-corrected chi connectivity index (χ1v) is 5.63. The number of hydrogen-bond donors (Lipinski definition) is 2. The van der Waals surface area contributed by atoms with Crippen LogP contribution in [0.3, 0.4) is 0 Å².